The summed E-state index contributed by atoms with van der Waals surface area (Å²) in [6, 6.07) is 8.72. The molecule has 1 aliphatic heterocycles. The lowest BCUT2D eigenvalue weighted by Gasteiger charge is -2.29. The first-order valence-electron chi connectivity index (χ1n) is 10.6. The molecule has 5 heteroatoms. The van der Waals surface area contributed by atoms with Gasteiger partial charge in [0.15, 0.2) is 5.78 Å². The zero-order chi connectivity index (χ0) is 20.5. The molecule has 5 nitrogen and oxygen atoms in total. The number of rotatable bonds is 5. The highest BCUT2D eigenvalue weighted by Gasteiger charge is 2.27. The number of esters is 1. The second-order valence-electron chi connectivity index (χ2n) is 8.42. The van der Waals surface area contributed by atoms with Crippen LogP contribution in [0, 0.1) is 19.8 Å². The van der Waals surface area contributed by atoms with Gasteiger partial charge < -0.3 is 9.30 Å². The van der Waals surface area contributed by atoms with Gasteiger partial charge in [0.25, 0.3) is 0 Å². The SMILES string of the molecule is COC(=O)C1CCN(CC(=O)c2cc(C)n(-c3ccc4c(c3)CCC4)c2C)CC1. The predicted octanol–water partition coefficient (Wildman–Crippen LogP) is 3.65. The van der Waals surface area contributed by atoms with Crippen LogP contribution in [0.3, 0.4) is 0 Å². The van der Waals surface area contributed by atoms with Crippen molar-refractivity contribution in [1.29, 1.82) is 0 Å². The van der Waals surface area contributed by atoms with Gasteiger partial charge in [-0.05, 0) is 88.4 Å². The van der Waals surface area contributed by atoms with Crippen LogP contribution in [0.25, 0.3) is 5.69 Å². The normalized spacial score (nSPS) is 17.3. The first-order chi connectivity index (χ1) is 14.0. The van der Waals surface area contributed by atoms with E-state index in [2.05, 4.69) is 34.6 Å². The zero-order valence-corrected chi connectivity index (χ0v) is 17.7. The summed E-state index contributed by atoms with van der Waals surface area (Å²) in [6.45, 7) is 6.03. The number of benzene rings is 1. The molecule has 0 unspecified atom stereocenters. The molecule has 2 aromatic rings. The highest BCUT2D eigenvalue weighted by molar-refractivity contribution is 5.99. The van der Waals surface area contributed by atoms with Crippen molar-refractivity contribution in [3.63, 3.8) is 0 Å². The molecule has 0 radical (unpaired) electrons. The van der Waals surface area contributed by atoms with Gasteiger partial charge in [-0.15, -0.1) is 0 Å². The van der Waals surface area contributed by atoms with Crippen molar-refractivity contribution in [3.8, 4) is 5.69 Å². The van der Waals surface area contributed by atoms with Crippen LogP contribution >= 0.6 is 0 Å². The number of likely N-dealkylation sites (tertiary alicyclic amines) is 1. The van der Waals surface area contributed by atoms with Crippen molar-refractivity contribution < 1.29 is 14.3 Å². The molecule has 4 rings (SSSR count). The number of aryl methyl sites for hydroxylation is 3. The van der Waals surface area contributed by atoms with E-state index in [0.29, 0.717) is 6.54 Å². The summed E-state index contributed by atoms with van der Waals surface area (Å²) in [5.74, 6) is -0.00729. The van der Waals surface area contributed by atoms with E-state index < -0.39 is 0 Å². The number of ether oxygens (including phenoxy) is 1. The molecule has 0 N–H and O–H groups in total. The lowest BCUT2D eigenvalue weighted by Crippen LogP contribution is -2.39. The Bertz CT molecular complexity index is 936. The van der Waals surface area contributed by atoms with Gasteiger partial charge in [-0.3, -0.25) is 14.5 Å². The van der Waals surface area contributed by atoms with Gasteiger partial charge in [0.05, 0.1) is 19.6 Å². The average Bonchev–Trinajstić information content (AvgIpc) is 3.31. The predicted molar refractivity (Wildman–Crippen MR) is 113 cm³/mol. The number of piperidine rings is 1. The molecule has 1 aliphatic carbocycles. The number of carbonyl (C=O) groups excluding carboxylic acids is 2. The van der Waals surface area contributed by atoms with Crippen LogP contribution in [-0.4, -0.2) is 48.0 Å². The maximum atomic E-state index is 13.0. The largest absolute Gasteiger partial charge is 0.469 e. The Balaban J connectivity index is 1.48. The molecule has 0 amide bonds. The zero-order valence-electron chi connectivity index (χ0n) is 17.7. The van der Waals surface area contributed by atoms with Crippen molar-refractivity contribution in [3.05, 3.63) is 52.3 Å². The van der Waals surface area contributed by atoms with Crippen LogP contribution in [0.15, 0.2) is 24.3 Å². The van der Waals surface area contributed by atoms with Gasteiger partial charge in [0.2, 0.25) is 0 Å². The van der Waals surface area contributed by atoms with Crippen molar-refractivity contribution in [1.82, 2.24) is 9.47 Å². The van der Waals surface area contributed by atoms with E-state index in [-0.39, 0.29) is 17.7 Å². The second-order valence-corrected chi connectivity index (χ2v) is 8.42. The number of carbonyl (C=O) groups is 2. The number of methoxy groups -OCH3 is 1. The molecule has 2 heterocycles. The number of nitrogens with zero attached hydrogens (tertiary/aromatic N) is 2. The molecular formula is C24H30N2O3. The third kappa shape index (κ3) is 3.88. The van der Waals surface area contributed by atoms with Crippen LogP contribution < -0.4 is 0 Å². The summed E-state index contributed by atoms with van der Waals surface area (Å²) in [6.07, 6.45) is 5.08. The molecule has 0 bridgehead atoms. The van der Waals surface area contributed by atoms with Gasteiger partial charge >= 0.3 is 5.97 Å². The molecule has 0 atom stereocenters. The number of ketones is 1. The topological polar surface area (TPSA) is 51.5 Å². The van der Waals surface area contributed by atoms with Gasteiger partial charge in [0.1, 0.15) is 0 Å². The number of aromatic nitrogens is 1. The van der Waals surface area contributed by atoms with Crippen LogP contribution in [0.1, 0.15) is 52.1 Å². The number of hydrogen-bond donors (Lipinski definition) is 0. The highest BCUT2D eigenvalue weighted by Crippen LogP contribution is 2.28. The van der Waals surface area contributed by atoms with Crippen LogP contribution in [0.5, 0.6) is 0 Å². The lowest BCUT2D eigenvalue weighted by molar-refractivity contribution is -0.146. The Kier molecular flexibility index (Phi) is 5.59. The minimum absolute atomic E-state index is 0.0313. The Morgan fingerprint density at radius 1 is 1.07 bits per heavy atom. The van der Waals surface area contributed by atoms with Gasteiger partial charge in [0, 0.05) is 22.6 Å². The summed E-state index contributed by atoms with van der Waals surface area (Å²) < 4.78 is 7.05. The third-order valence-corrected chi connectivity index (χ3v) is 6.56. The smallest absolute Gasteiger partial charge is 0.308 e. The molecule has 0 saturated carbocycles. The minimum Gasteiger partial charge on any atom is -0.469 e. The molecule has 1 aromatic heterocycles. The summed E-state index contributed by atoms with van der Waals surface area (Å²) in [5.41, 5.74) is 6.96. The monoisotopic (exact) mass is 394 g/mol. The number of hydrogen-bond acceptors (Lipinski definition) is 4. The van der Waals surface area contributed by atoms with E-state index in [1.807, 2.05) is 13.0 Å². The Morgan fingerprint density at radius 3 is 2.52 bits per heavy atom. The Labute approximate surface area is 172 Å². The number of fused-ring (bicyclic) bond motifs is 1. The summed E-state index contributed by atoms with van der Waals surface area (Å²) in [7, 11) is 1.44. The fourth-order valence-electron chi connectivity index (χ4n) is 4.92. The Hall–Kier alpha value is -2.40. The molecule has 2 aliphatic rings. The lowest BCUT2D eigenvalue weighted by atomic mass is 9.96. The maximum Gasteiger partial charge on any atom is 0.308 e. The molecule has 29 heavy (non-hydrogen) atoms. The minimum atomic E-state index is -0.131. The fraction of sp³-hybridized carbons (Fsp3) is 0.500. The van der Waals surface area contributed by atoms with E-state index >= 15 is 0 Å². The van der Waals surface area contributed by atoms with Crippen molar-refractivity contribution in [2.24, 2.45) is 5.92 Å². The van der Waals surface area contributed by atoms with Crippen molar-refractivity contribution in [2.45, 2.75) is 46.0 Å². The van der Waals surface area contributed by atoms with Crippen LogP contribution in [-0.2, 0) is 22.4 Å². The standard InChI is InChI=1S/C24H30N2O3/c1-16-13-22(23(27)15-25-11-9-19(10-12-25)24(28)29-3)17(2)26(16)21-8-7-18-5-4-6-20(18)14-21/h7-8,13-14,19H,4-6,9-12,15H2,1-3H3. The average molecular weight is 395 g/mol. The summed E-state index contributed by atoms with van der Waals surface area (Å²) in [5, 5.41) is 0. The van der Waals surface area contributed by atoms with E-state index in [0.717, 1.165) is 55.0 Å². The maximum absolute atomic E-state index is 13.0. The molecule has 1 aromatic carbocycles. The first kappa shape index (κ1) is 19.9. The Morgan fingerprint density at radius 2 is 1.79 bits per heavy atom. The van der Waals surface area contributed by atoms with E-state index in [4.69, 9.17) is 4.74 Å². The van der Waals surface area contributed by atoms with Gasteiger partial charge in [-0.2, -0.15) is 0 Å². The third-order valence-electron chi connectivity index (χ3n) is 6.56. The molecule has 0 spiro atoms. The molecule has 154 valence electrons. The quantitative estimate of drug-likeness (QED) is 0.574. The molecule has 1 saturated heterocycles. The summed E-state index contributed by atoms with van der Waals surface area (Å²) >= 11 is 0. The van der Waals surface area contributed by atoms with Crippen molar-refractivity contribution >= 4 is 11.8 Å². The van der Waals surface area contributed by atoms with Gasteiger partial charge in [-0.1, -0.05) is 6.07 Å². The second kappa shape index (κ2) is 8.15. The number of Topliss-reactive ketones (excluding diaryl/α,β-unsaturated/α-hetero) is 1. The van der Waals surface area contributed by atoms with Crippen LogP contribution in [0.2, 0.25) is 0 Å². The van der Waals surface area contributed by atoms with E-state index in [1.165, 1.54) is 31.1 Å². The first-order valence-corrected chi connectivity index (χ1v) is 10.6. The van der Waals surface area contributed by atoms with Crippen molar-refractivity contribution in [2.75, 3.05) is 26.7 Å². The highest BCUT2D eigenvalue weighted by atomic mass is 16.5. The van der Waals surface area contributed by atoms with Crippen LogP contribution in [0.4, 0.5) is 0 Å². The fourth-order valence-corrected chi connectivity index (χ4v) is 4.92. The van der Waals surface area contributed by atoms with Gasteiger partial charge in [-0.25, -0.2) is 0 Å². The molecular weight excluding hydrogens is 364 g/mol. The summed E-state index contributed by atoms with van der Waals surface area (Å²) in [4.78, 5) is 26.9. The molecule has 1 fully saturated rings. The van der Waals surface area contributed by atoms with E-state index in [9.17, 15) is 9.59 Å². The van der Waals surface area contributed by atoms with E-state index in [1.54, 1.807) is 0 Å².